The summed E-state index contributed by atoms with van der Waals surface area (Å²) in [4.78, 5) is 12.9. The fourth-order valence-corrected chi connectivity index (χ4v) is 6.40. The Balaban J connectivity index is 1.45. The monoisotopic (exact) mass is 557 g/mol. The van der Waals surface area contributed by atoms with Gasteiger partial charge in [-0.15, -0.1) is 0 Å². The predicted molar refractivity (Wildman–Crippen MR) is 140 cm³/mol. The van der Waals surface area contributed by atoms with E-state index in [1.165, 1.54) is 4.31 Å². The van der Waals surface area contributed by atoms with Crippen molar-refractivity contribution in [1.82, 2.24) is 9.46 Å². The van der Waals surface area contributed by atoms with E-state index < -0.39 is 10.0 Å². The van der Waals surface area contributed by atoms with E-state index in [0.29, 0.717) is 24.2 Å². The summed E-state index contributed by atoms with van der Waals surface area (Å²) < 4.78 is 34.5. The van der Waals surface area contributed by atoms with Crippen LogP contribution in [0.25, 0.3) is 12.2 Å². The molecule has 0 radical (unpaired) electrons. The highest BCUT2D eigenvalue weighted by molar-refractivity contribution is 9.10. The van der Waals surface area contributed by atoms with Crippen LogP contribution in [0.5, 0.6) is 0 Å². The van der Waals surface area contributed by atoms with Crippen LogP contribution in [0.1, 0.15) is 41.0 Å². The van der Waals surface area contributed by atoms with Gasteiger partial charge in [0.1, 0.15) is 5.69 Å². The van der Waals surface area contributed by atoms with Crippen LogP contribution in [0, 0.1) is 26.7 Å². The van der Waals surface area contributed by atoms with Gasteiger partial charge in [0.2, 0.25) is 15.9 Å². The highest BCUT2D eigenvalue weighted by atomic mass is 79.9. The molecule has 9 heteroatoms. The van der Waals surface area contributed by atoms with Crippen LogP contribution in [-0.2, 0) is 14.8 Å². The summed E-state index contributed by atoms with van der Waals surface area (Å²) in [6.07, 6.45) is 4.32. The van der Waals surface area contributed by atoms with Gasteiger partial charge in [-0.25, -0.2) is 8.42 Å². The van der Waals surface area contributed by atoms with E-state index in [1.807, 2.05) is 56.3 Å². The number of nitrogens with one attached hydrogen (secondary N) is 1. The molecule has 2 heterocycles. The predicted octanol–water partition coefficient (Wildman–Crippen LogP) is 5.57. The van der Waals surface area contributed by atoms with Gasteiger partial charge in [-0.1, -0.05) is 47.1 Å². The summed E-state index contributed by atoms with van der Waals surface area (Å²) in [6, 6.07) is 13.6. The fourth-order valence-electron chi connectivity index (χ4n) is 4.09. The zero-order valence-corrected chi connectivity index (χ0v) is 22.3. The highest BCUT2D eigenvalue weighted by Crippen LogP contribution is 2.30. The van der Waals surface area contributed by atoms with E-state index in [9.17, 15) is 13.2 Å². The number of rotatable bonds is 6. The van der Waals surface area contributed by atoms with Gasteiger partial charge in [0.05, 0.1) is 5.69 Å². The third-order valence-electron chi connectivity index (χ3n) is 6.14. The van der Waals surface area contributed by atoms with E-state index in [1.54, 1.807) is 19.1 Å². The van der Waals surface area contributed by atoms with Crippen molar-refractivity contribution in [3.05, 3.63) is 75.1 Å². The van der Waals surface area contributed by atoms with Crippen molar-refractivity contribution >= 4 is 49.7 Å². The number of piperidine rings is 1. The minimum Gasteiger partial charge on any atom is -0.355 e. The van der Waals surface area contributed by atoms with Crippen molar-refractivity contribution < 1.29 is 17.7 Å². The molecule has 1 fully saturated rings. The number of carbonyl (C=O) groups excluding carboxylic acids is 1. The molecule has 0 saturated carbocycles. The van der Waals surface area contributed by atoms with Crippen molar-refractivity contribution in [2.24, 2.45) is 5.92 Å². The minimum absolute atomic E-state index is 0.0762. The first-order valence-electron chi connectivity index (χ1n) is 11.4. The summed E-state index contributed by atoms with van der Waals surface area (Å²) in [6.45, 7) is 6.11. The van der Waals surface area contributed by atoms with Gasteiger partial charge < -0.3 is 9.84 Å². The fraction of sp³-hybridized carbons (Fsp3) is 0.308. The maximum Gasteiger partial charge on any atom is 0.248 e. The first-order valence-corrected chi connectivity index (χ1v) is 13.7. The lowest BCUT2D eigenvalue weighted by Crippen LogP contribution is -2.41. The standard InChI is InChI=1S/C26H28BrN3O4S/c1-17-4-7-20(8-5-17)9-11-24-25(19(3)29-34-24)35(32,33)30-14-12-21(13-15-30)26(31)28-23-10-6-18(2)16-22(23)27/h4-11,16,21H,12-15H2,1-3H3,(H,28,31). The number of carbonyl (C=O) groups is 1. The van der Waals surface area contributed by atoms with Crippen LogP contribution in [-0.4, -0.2) is 36.9 Å². The first-order chi connectivity index (χ1) is 16.6. The largest absolute Gasteiger partial charge is 0.355 e. The summed E-state index contributed by atoms with van der Waals surface area (Å²) >= 11 is 3.48. The number of amides is 1. The molecule has 4 rings (SSSR count). The molecule has 1 aliphatic heterocycles. The number of sulfonamides is 1. The molecular weight excluding hydrogens is 530 g/mol. The number of anilines is 1. The molecule has 35 heavy (non-hydrogen) atoms. The smallest absolute Gasteiger partial charge is 0.248 e. The average Bonchev–Trinajstić information content (AvgIpc) is 3.21. The second-order valence-corrected chi connectivity index (χ2v) is 11.6. The molecule has 1 aliphatic rings. The van der Waals surface area contributed by atoms with Crippen molar-refractivity contribution in [3.8, 4) is 0 Å². The van der Waals surface area contributed by atoms with Crippen molar-refractivity contribution in [1.29, 1.82) is 0 Å². The zero-order chi connectivity index (χ0) is 25.2. The van der Waals surface area contributed by atoms with Crippen LogP contribution in [0.15, 0.2) is 56.4 Å². The SMILES string of the molecule is Cc1ccc(C=Cc2onc(C)c2S(=O)(=O)N2CCC(C(=O)Nc3ccc(C)cc3Br)CC2)cc1. The summed E-state index contributed by atoms with van der Waals surface area (Å²) in [5, 5.41) is 6.86. The lowest BCUT2D eigenvalue weighted by Gasteiger charge is -2.30. The molecule has 3 aromatic rings. The van der Waals surface area contributed by atoms with Crippen LogP contribution < -0.4 is 5.32 Å². The Hall–Kier alpha value is -2.75. The molecule has 1 N–H and O–H groups in total. The summed E-state index contributed by atoms with van der Waals surface area (Å²) in [7, 11) is -3.82. The van der Waals surface area contributed by atoms with E-state index >= 15 is 0 Å². The second-order valence-electron chi connectivity index (χ2n) is 8.86. The first kappa shape index (κ1) is 25.3. The van der Waals surface area contributed by atoms with Crippen molar-refractivity contribution in [3.63, 3.8) is 0 Å². The van der Waals surface area contributed by atoms with Crippen LogP contribution in [0.3, 0.4) is 0 Å². The van der Waals surface area contributed by atoms with E-state index in [4.69, 9.17) is 4.52 Å². The van der Waals surface area contributed by atoms with Gasteiger partial charge in [-0.3, -0.25) is 4.79 Å². The number of nitrogens with zero attached hydrogens (tertiary/aromatic N) is 2. The Morgan fingerprint density at radius 3 is 2.37 bits per heavy atom. The minimum atomic E-state index is -3.82. The molecule has 184 valence electrons. The van der Waals surface area contributed by atoms with E-state index in [0.717, 1.165) is 21.2 Å². The van der Waals surface area contributed by atoms with Crippen LogP contribution >= 0.6 is 15.9 Å². The third-order valence-corrected chi connectivity index (χ3v) is 8.86. The molecular formula is C26H28BrN3O4S. The lowest BCUT2D eigenvalue weighted by atomic mass is 9.97. The molecule has 0 spiro atoms. The lowest BCUT2D eigenvalue weighted by molar-refractivity contribution is -0.120. The number of aromatic nitrogens is 1. The third kappa shape index (κ3) is 5.74. The molecule has 0 aliphatic carbocycles. The van der Waals surface area contributed by atoms with Gasteiger partial charge in [0.15, 0.2) is 10.7 Å². The number of aryl methyl sites for hydroxylation is 3. The molecule has 1 amide bonds. The maximum atomic E-state index is 13.5. The van der Waals surface area contributed by atoms with Gasteiger partial charge in [0, 0.05) is 23.5 Å². The van der Waals surface area contributed by atoms with Gasteiger partial charge in [-0.2, -0.15) is 4.31 Å². The Labute approximate surface area is 214 Å². The molecule has 2 aromatic carbocycles. The summed E-state index contributed by atoms with van der Waals surface area (Å²) in [5.74, 6) is -0.166. The number of hydrogen-bond acceptors (Lipinski definition) is 5. The van der Waals surface area contributed by atoms with E-state index in [-0.39, 0.29) is 35.6 Å². The molecule has 0 bridgehead atoms. The van der Waals surface area contributed by atoms with Crippen LogP contribution in [0.4, 0.5) is 5.69 Å². The number of benzene rings is 2. The molecule has 0 unspecified atom stereocenters. The molecule has 1 saturated heterocycles. The molecule has 7 nitrogen and oxygen atoms in total. The van der Waals surface area contributed by atoms with Gasteiger partial charge >= 0.3 is 0 Å². The average molecular weight is 558 g/mol. The number of halogens is 1. The summed E-state index contributed by atoms with van der Waals surface area (Å²) in [5.41, 5.74) is 4.19. The molecule has 0 atom stereocenters. The van der Waals surface area contributed by atoms with Crippen LogP contribution in [0.2, 0.25) is 0 Å². The Kier molecular flexibility index (Phi) is 7.59. The normalized spacial score (nSPS) is 15.5. The topological polar surface area (TPSA) is 92.5 Å². The molecule has 1 aromatic heterocycles. The van der Waals surface area contributed by atoms with Gasteiger partial charge in [0.25, 0.3) is 0 Å². The zero-order valence-electron chi connectivity index (χ0n) is 19.9. The maximum absolute atomic E-state index is 13.5. The Bertz CT molecular complexity index is 1360. The highest BCUT2D eigenvalue weighted by Gasteiger charge is 2.36. The van der Waals surface area contributed by atoms with E-state index in [2.05, 4.69) is 26.4 Å². The quantitative estimate of drug-likeness (QED) is 0.427. The Morgan fingerprint density at radius 2 is 1.71 bits per heavy atom. The second kappa shape index (κ2) is 10.5. The van der Waals surface area contributed by atoms with Crippen molar-refractivity contribution in [2.75, 3.05) is 18.4 Å². The van der Waals surface area contributed by atoms with Crippen molar-refractivity contribution in [2.45, 2.75) is 38.5 Å². The Morgan fingerprint density at radius 1 is 1.06 bits per heavy atom. The van der Waals surface area contributed by atoms with Gasteiger partial charge in [-0.05, 0) is 78.9 Å². The number of hydrogen-bond donors (Lipinski definition) is 1.